The van der Waals surface area contributed by atoms with Crippen LogP contribution in [-0.2, 0) is 24.3 Å². The van der Waals surface area contributed by atoms with Crippen LogP contribution >= 0.6 is 0 Å². The number of esters is 1. The van der Waals surface area contributed by atoms with Crippen LogP contribution in [0.3, 0.4) is 0 Å². The summed E-state index contributed by atoms with van der Waals surface area (Å²) in [6, 6.07) is 5.47. The second-order valence-corrected chi connectivity index (χ2v) is 7.59. The number of ketones is 1. The largest absolute Gasteiger partial charge is 0.452 e. The summed E-state index contributed by atoms with van der Waals surface area (Å²) in [6.45, 7) is 2.20. The summed E-state index contributed by atoms with van der Waals surface area (Å²) in [6.07, 6.45) is 0.830. The fraction of sp³-hybridized carbons (Fsp3) is 0.438. The van der Waals surface area contributed by atoms with E-state index in [0.29, 0.717) is 5.56 Å². The Morgan fingerprint density at radius 3 is 2.32 bits per heavy atom. The molecule has 1 aliphatic carbocycles. The van der Waals surface area contributed by atoms with Crippen molar-refractivity contribution < 1.29 is 27.5 Å². The molecule has 0 aliphatic heterocycles. The molecule has 0 unspecified atom stereocenters. The summed E-state index contributed by atoms with van der Waals surface area (Å²) < 4.78 is 31.2. The average molecular weight is 368 g/mol. The van der Waals surface area contributed by atoms with Crippen LogP contribution in [0.4, 0.5) is 0 Å². The Bertz CT molecular complexity index is 768. The summed E-state index contributed by atoms with van der Waals surface area (Å²) in [5.74, 6) is -1.44. The van der Waals surface area contributed by atoms with Gasteiger partial charge in [0.05, 0.1) is 4.90 Å². The van der Waals surface area contributed by atoms with Crippen molar-refractivity contribution in [3.05, 3.63) is 29.8 Å². The molecule has 9 heteroatoms. The summed E-state index contributed by atoms with van der Waals surface area (Å²) in [7, 11) is -3.93. The zero-order chi connectivity index (χ0) is 18.6. The number of Topliss-reactive ketones (excluding diaryl/α,β-unsaturated/α-hetero) is 1. The van der Waals surface area contributed by atoms with E-state index in [1.54, 1.807) is 0 Å². The highest BCUT2D eigenvalue weighted by molar-refractivity contribution is 7.89. The van der Waals surface area contributed by atoms with Crippen molar-refractivity contribution in [3.8, 4) is 0 Å². The molecular formula is C16H20N2O6S. The Labute approximate surface area is 146 Å². The quantitative estimate of drug-likeness (QED) is 0.506. The van der Waals surface area contributed by atoms with Crippen LogP contribution in [-0.4, -0.2) is 44.8 Å². The van der Waals surface area contributed by atoms with Gasteiger partial charge in [0.25, 0.3) is 5.91 Å². The maximum Gasteiger partial charge on any atom is 0.321 e. The molecule has 0 heterocycles. The third-order valence-corrected chi connectivity index (χ3v) is 5.00. The van der Waals surface area contributed by atoms with E-state index in [0.717, 1.165) is 12.8 Å². The number of nitrogens with one attached hydrogen (secondary N) is 2. The number of sulfonamides is 1. The van der Waals surface area contributed by atoms with E-state index >= 15 is 0 Å². The predicted octanol–water partition coefficient (Wildman–Crippen LogP) is 0.378. The zero-order valence-corrected chi connectivity index (χ0v) is 14.8. The highest BCUT2D eigenvalue weighted by Crippen LogP contribution is 2.18. The van der Waals surface area contributed by atoms with Crippen LogP contribution in [0.1, 0.15) is 37.0 Å². The summed E-state index contributed by atoms with van der Waals surface area (Å²) in [5, 5.41) is 2.69. The fourth-order valence-electron chi connectivity index (χ4n) is 1.94. The Balaban J connectivity index is 1.86. The molecule has 2 N–H and O–H groups in total. The molecule has 1 atom stereocenters. The molecule has 0 bridgehead atoms. The number of hydrogen-bond donors (Lipinski definition) is 2. The van der Waals surface area contributed by atoms with E-state index < -0.39 is 34.5 Å². The van der Waals surface area contributed by atoms with Crippen LogP contribution in [0, 0.1) is 0 Å². The lowest BCUT2D eigenvalue weighted by molar-refractivity contribution is -0.153. The van der Waals surface area contributed by atoms with Crippen LogP contribution in [0.25, 0.3) is 0 Å². The molecule has 8 nitrogen and oxygen atoms in total. The molecule has 1 aromatic rings. The Kier molecular flexibility index (Phi) is 5.91. The van der Waals surface area contributed by atoms with Gasteiger partial charge < -0.3 is 10.1 Å². The van der Waals surface area contributed by atoms with Crippen LogP contribution in [0.2, 0.25) is 0 Å². The molecule has 0 radical (unpaired) electrons. The molecule has 2 rings (SSSR count). The fourth-order valence-corrected chi connectivity index (χ4v) is 2.91. The molecule has 0 saturated heterocycles. The minimum absolute atomic E-state index is 0.0789. The topological polar surface area (TPSA) is 119 Å². The SMILES string of the molecule is CC(=O)c1ccc(S(=O)(=O)NCC(=O)O[C@@H](C)C(=O)NC2CC2)cc1. The minimum Gasteiger partial charge on any atom is -0.452 e. The lowest BCUT2D eigenvalue weighted by Crippen LogP contribution is -2.39. The van der Waals surface area contributed by atoms with Gasteiger partial charge in [-0.3, -0.25) is 14.4 Å². The zero-order valence-electron chi connectivity index (χ0n) is 13.9. The highest BCUT2D eigenvalue weighted by Gasteiger charge is 2.27. The van der Waals surface area contributed by atoms with Crippen molar-refractivity contribution >= 4 is 27.7 Å². The van der Waals surface area contributed by atoms with Crippen molar-refractivity contribution in [2.45, 2.75) is 43.7 Å². The first kappa shape index (κ1) is 19.1. The summed E-state index contributed by atoms with van der Waals surface area (Å²) in [5.41, 5.74) is 0.383. The Morgan fingerprint density at radius 1 is 1.20 bits per heavy atom. The van der Waals surface area contributed by atoms with E-state index in [2.05, 4.69) is 10.0 Å². The molecule has 0 aromatic heterocycles. The van der Waals surface area contributed by atoms with E-state index in [-0.39, 0.29) is 16.7 Å². The first-order valence-corrected chi connectivity index (χ1v) is 9.28. The van der Waals surface area contributed by atoms with Crippen LogP contribution in [0.5, 0.6) is 0 Å². The number of hydrogen-bond acceptors (Lipinski definition) is 6. The van der Waals surface area contributed by atoms with Crippen LogP contribution in [0.15, 0.2) is 29.2 Å². The molecule has 1 aliphatic rings. The van der Waals surface area contributed by atoms with Gasteiger partial charge in [-0.15, -0.1) is 0 Å². The van der Waals surface area contributed by atoms with Crippen LogP contribution < -0.4 is 10.0 Å². The molecule has 1 aromatic carbocycles. The maximum absolute atomic E-state index is 12.1. The second kappa shape index (κ2) is 7.75. The van der Waals surface area contributed by atoms with Crippen molar-refractivity contribution in [2.24, 2.45) is 0 Å². The number of benzene rings is 1. The van der Waals surface area contributed by atoms with Gasteiger partial charge in [0.2, 0.25) is 10.0 Å². The molecule has 1 fully saturated rings. The average Bonchev–Trinajstić information content (AvgIpc) is 3.37. The van der Waals surface area contributed by atoms with Gasteiger partial charge in [-0.1, -0.05) is 12.1 Å². The number of carbonyl (C=O) groups excluding carboxylic acids is 3. The lowest BCUT2D eigenvalue weighted by Gasteiger charge is -2.13. The third-order valence-electron chi connectivity index (χ3n) is 3.58. The highest BCUT2D eigenvalue weighted by atomic mass is 32.2. The van der Waals surface area contributed by atoms with Crippen molar-refractivity contribution in [1.82, 2.24) is 10.0 Å². The number of carbonyl (C=O) groups is 3. The van der Waals surface area contributed by atoms with Gasteiger partial charge in [0.15, 0.2) is 11.9 Å². The minimum atomic E-state index is -3.93. The summed E-state index contributed by atoms with van der Waals surface area (Å²) >= 11 is 0. The monoisotopic (exact) mass is 368 g/mol. The second-order valence-electron chi connectivity index (χ2n) is 5.82. The first-order valence-electron chi connectivity index (χ1n) is 7.79. The first-order chi connectivity index (χ1) is 11.7. The predicted molar refractivity (Wildman–Crippen MR) is 88.4 cm³/mol. The lowest BCUT2D eigenvalue weighted by atomic mass is 10.2. The van der Waals surface area contributed by atoms with Gasteiger partial charge in [-0.2, -0.15) is 4.72 Å². The molecule has 1 saturated carbocycles. The van der Waals surface area contributed by atoms with Gasteiger partial charge in [0, 0.05) is 11.6 Å². The van der Waals surface area contributed by atoms with E-state index in [1.165, 1.54) is 38.1 Å². The number of rotatable bonds is 8. The van der Waals surface area contributed by atoms with Crippen molar-refractivity contribution in [3.63, 3.8) is 0 Å². The van der Waals surface area contributed by atoms with E-state index in [9.17, 15) is 22.8 Å². The Morgan fingerprint density at radius 2 is 1.80 bits per heavy atom. The molecule has 136 valence electrons. The summed E-state index contributed by atoms with van der Waals surface area (Å²) in [4.78, 5) is 34.5. The number of amides is 1. The number of ether oxygens (including phenoxy) is 1. The smallest absolute Gasteiger partial charge is 0.321 e. The molecule has 0 spiro atoms. The van der Waals surface area contributed by atoms with Gasteiger partial charge in [-0.05, 0) is 38.8 Å². The standard InChI is InChI=1S/C16H20N2O6S/c1-10(19)12-3-7-14(8-4-12)25(22,23)17-9-15(20)24-11(2)16(21)18-13-5-6-13/h3-4,7-8,11,13,17H,5-6,9H2,1-2H3,(H,18,21)/t11-/m0/s1. The maximum atomic E-state index is 12.1. The van der Waals surface area contributed by atoms with Crippen molar-refractivity contribution in [2.75, 3.05) is 6.54 Å². The Hall–Kier alpha value is -2.26. The van der Waals surface area contributed by atoms with Gasteiger partial charge in [-0.25, -0.2) is 8.42 Å². The van der Waals surface area contributed by atoms with E-state index in [4.69, 9.17) is 4.74 Å². The molecule has 25 heavy (non-hydrogen) atoms. The normalized spacial score (nSPS) is 15.3. The van der Waals surface area contributed by atoms with Gasteiger partial charge >= 0.3 is 5.97 Å². The molecule has 1 amide bonds. The van der Waals surface area contributed by atoms with Crippen molar-refractivity contribution in [1.29, 1.82) is 0 Å². The molecular weight excluding hydrogens is 348 g/mol. The van der Waals surface area contributed by atoms with Gasteiger partial charge in [0.1, 0.15) is 6.54 Å². The third kappa shape index (κ3) is 5.64. The van der Waals surface area contributed by atoms with E-state index in [1.807, 2.05) is 0 Å².